The van der Waals surface area contributed by atoms with Gasteiger partial charge in [0.2, 0.25) is 11.8 Å². The highest BCUT2D eigenvalue weighted by Crippen LogP contribution is 2.47. The summed E-state index contributed by atoms with van der Waals surface area (Å²) in [6.07, 6.45) is 4.85. The molecule has 1 aliphatic rings. The Balaban J connectivity index is 0.00000400. The Morgan fingerprint density at radius 3 is 2.00 bits per heavy atom. The van der Waals surface area contributed by atoms with Gasteiger partial charge < -0.3 is 15.4 Å². The van der Waals surface area contributed by atoms with Gasteiger partial charge in [-0.1, -0.05) is 67.1 Å². The number of hydrogen-bond donors (Lipinski definition) is 2. The Bertz CT molecular complexity index is 1500. The summed E-state index contributed by atoms with van der Waals surface area (Å²) in [5.74, 6) is -0.708. The fraction of sp³-hybridized carbons (Fsp3) is 0.395. The van der Waals surface area contributed by atoms with Gasteiger partial charge in [-0.05, 0) is 79.0 Å². The van der Waals surface area contributed by atoms with Crippen molar-refractivity contribution in [2.75, 3.05) is 11.9 Å². The van der Waals surface area contributed by atoms with Gasteiger partial charge in [-0.15, -0.1) is 0 Å². The molecule has 1 unspecified atom stereocenters. The number of ketones is 2. The van der Waals surface area contributed by atoms with Crippen LogP contribution in [-0.4, -0.2) is 42.0 Å². The number of ether oxygens (including phenoxy) is 1. The molecule has 1 atom stereocenters. The molecule has 0 aliphatic heterocycles. The van der Waals surface area contributed by atoms with E-state index >= 15 is 0 Å². The fourth-order valence-electron chi connectivity index (χ4n) is 6.10. The monoisotopic (exact) mass is 628 g/mol. The average molecular weight is 629 g/mol. The molecule has 0 spiro atoms. The number of rotatable bonds is 18. The van der Waals surface area contributed by atoms with Crippen molar-refractivity contribution in [3.05, 3.63) is 89.5 Å². The molecule has 3 aromatic carbocycles. The zero-order chi connectivity index (χ0) is 32.9. The van der Waals surface area contributed by atoms with Crippen LogP contribution in [0.25, 0.3) is 11.1 Å². The van der Waals surface area contributed by atoms with Crippen molar-refractivity contribution in [3.8, 4) is 11.1 Å². The van der Waals surface area contributed by atoms with E-state index in [1.165, 1.54) is 36.1 Å². The second-order valence-corrected chi connectivity index (χ2v) is 12.0. The molecule has 2 amide bonds. The van der Waals surface area contributed by atoms with Crippen molar-refractivity contribution >= 4 is 35.0 Å². The van der Waals surface area contributed by atoms with Gasteiger partial charge in [-0.3, -0.25) is 24.0 Å². The molecular formula is C38H48N2O6. The van der Waals surface area contributed by atoms with Crippen LogP contribution in [0.15, 0.2) is 72.8 Å². The van der Waals surface area contributed by atoms with Gasteiger partial charge in [0.15, 0.2) is 0 Å². The summed E-state index contributed by atoms with van der Waals surface area (Å²) >= 11 is 0. The molecule has 0 saturated heterocycles. The largest absolute Gasteiger partial charge is 0.462 e. The summed E-state index contributed by atoms with van der Waals surface area (Å²) in [5, 5.41) is 5.78. The first-order valence-corrected chi connectivity index (χ1v) is 16.2. The van der Waals surface area contributed by atoms with Gasteiger partial charge in [-0.25, -0.2) is 0 Å². The van der Waals surface area contributed by atoms with Crippen LogP contribution >= 0.6 is 0 Å². The third kappa shape index (κ3) is 10.2. The van der Waals surface area contributed by atoms with E-state index in [1.807, 2.05) is 36.4 Å². The molecule has 0 fully saturated rings. The van der Waals surface area contributed by atoms with Crippen molar-refractivity contribution in [1.29, 1.82) is 0 Å². The normalized spacial score (nSPS) is 12.5. The second kappa shape index (κ2) is 17.2. The summed E-state index contributed by atoms with van der Waals surface area (Å²) in [5.41, 5.74) is 6.40. The quantitative estimate of drug-likeness (QED) is 0.0875. The van der Waals surface area contributed by atoms with E-state index in [4.69, 9.17) is 4.74 Å². The number of nitrogens with one attached hydrogen (secondary N) is 2. The number of esters is 1. The number of Topliss-reactive ketones (excluding diaryl/α,β-unsaturated/α-hetero) is 2. The Labute approximate surface area is 274 Å². The number of anilines is 1. The van der Waals surface area contributed by atoms with E-state index in [0.717, 1.165) is 31.2 Å². The number of carbonyl (C=O) groups excluding carboxylic acids is 5. The Kier molecular flexibility index (Phi) is 12.8. The molecule has 0 bridgehead atoms. The summed E-state index contributed by atoms with van der Waals surface area (Å²) in [4.78, 5) is 59.4. The highest BCUT2D eigenvalue weighted by molar-refractivity contribution is 5.98. The molecule has 246 valence electrons. The van der Waals surface area contributed by atoms with Crippen LogP contribution in [0.3, 0.4) is 0 Å². The van der Waals surface area contributed by atoms with Crippen molar-refractivity contribution < 1.29 is 31.6 Å². The molecule has 8 nitrogen and oxygen atoms in total. The molecule has 3 aromatic rings. The zero-order valence-electron chi connectivity index (χ0n) is 26.8. The van der Waals surface area contributed by atoms with Gasteiger partial charge in [0.25, 0.3) is 0 Å². The predicted molar refractivity (Wildman–Crippen MR) is 183 cm³/mol. The third-order valence-electron chi connectivity index (χ3n) is 8.24. The van der Waals surface area contributed by atoms with E-state index in [0.29, 0.717) is 31.5 Å². The molecule has 0 aromatic heterocycles. The molecule has 0 heterocycles. The average Bonchev–Trinajstić information content (AvgIpc) is 3.35. The van der Waals surface area contributed by atoms with Gasteiger partial charge in [0.05, 0.1) is 6.42 Å². The van der Waals surface area contributed by atoms with E-state index in [-0.39, 0.29) is 63.5 Å². The predicted octanol–water partition coefficient (Wildman–Crippen LogP) is 7.19. The molecule has 2 N–H and O–H groups in total. The second-order valence-electron chi connectivity index (χ2n) is 12.0. The zero-order valence-corrected chi connectivity index (χ0v) is 26.8. The number of benzene rings is 3. The maximum Gasteiger partial charge on any atom is 0.302 e. The molecule has 1 aliphatic carbocycles. The van der Waals surface area contributed by atoms with Crippen LogP contribution in [0.1, 0.15) is 97.1 Å². The number of aryl methyl sites for hydroxylation is 1. The molecule has 0 radical (unpaired) electrons. The lowest BCUT2D eigenvalue weighted by molar-refractivity contribution is -0.147. The minimum Gasteiger partial charge on any atom is -0.462 e. The lowest BCUT2D eigenvalue weighted by Crippen LogP contribution is -2.25. The van der Waals surface area contributed by atoms with Gasteiger partial charge in [-0.2, -0.15) is 0 Å². The van der Waals surface area contributed by atoms with Crippen molar-refractivity contribution in [2.45, 2.75) is 90.1 Å². The lowest BCUT2D eigenvalue weighted by Gasteiger charge is -2.25. The van der Waals surface area contributed by atoms with E-state index < -0.39 is 0 Å². The van der Waals surface area contributed by atoms with Crippen LogP contribution in [0.5, 0.6) is 0 Å². The maximum atomic E-state index is 12.3. The van der Waals surface area contributed by atoms with Crippen LogP contribution in [0.4, 0.5) is 5.69 Å². The molecule has 4 rings (SSSR count). The molecule has 46 heavy (non-hydrogen) atoms. The molecular weight excluding hydrogens is 580 g/mol. The highest BCUT2D eigenvalue weighted by Gasteiger charge is 2.35. The third-order valence-corrected chi connectivity index (χ3v) is 8.24. The summed E-state index contributed by atoms with van der Waals surface area (Å²) in [6, 6.07) is 23.9. The highest BCUT2D eigenvalue weighted by atomic mass is 16.5. The van der Waals surface area contributed by atoms with E-state index in [9.17, 15) is 24.0 Å². The van der Waals surface area contributed by atoms with Crippen molar-refractivity contribution in [1.82, 2.24) is 5.32 Å². The number of fused-ring (bicyclic) bond motifs is 3. The number of hydrogen-bond acceptors (Lipinski definition) is 6. The number of amides is 2. The van der Waals surface area contributed by atoms with Crippen molar-refractivity contribution in [3.63, 3.8) is 0 Å². The summed E-state index contributed by atoms with van der Waals surface area (Å²) in [6.45, 7) is 3.43. The van der Waals surface area contributed by atoms with Crippen LogP contribution in [0, 0.1) is 0 Å². The van der Waals surface area contributed by atoms with Crippen LogP contribution in [0.2, 0.25) is 0 Å². The number of carbonyl (C=O) groups is 5. The first-order chi connectivity index (χ1) is 22.2. The van der Waals surface area contributed by atoms with Gasteiger partial charge in [0, 0.05) is 47.2 Å². The fourth-order valence-corrected chi connectivity index (χ4v) is 6.10. The van der Waals surface area contributed by atoms with Crippen molar-refractivity contribution in [2.24, 2.45) is 0 Å². The molecule has 8 heteroatoms. The van der Waals surface area contributed by atoms with Gasteiger partial charge >= 0.3 is 5.97 Å². The van der Waals surface area contributed by atoms with Gasteiger partial charge in [0.1, 0.15) is 17.7 Å². The lowest BCUT2D eigenvalue weighted by atomic mass is 9.88. The van der Waals surface area contributed by atoms with E-state index in [1.54, 1.807) is 12.1 Å². The Hall–Kier alpha value is -4.59. The van der Waals surface area contributed by atoms with Crippen LogP contribution < -0.4 is 10.6 Å². The smallest absolute Gasteiger partial charge is 0.302 e. The maximum absolute atomic E-state index is 12.3. The Morgan fingerprint density at radius 1 is 0.739 bits per heavy atom. The topological polar surface area (TPSA) is 119 Å². The summed E-state index contributed by atoms with van der Waals surface area (Å²) < 4.78 is 5.87. The van der Waals surface area contributed by atoms with Crippen LogP contribution in [-0.2, 0) is 35.1 Å². The first-order valence-electron chi connectivity index (χ1n) is 16.2. The standard InChI is InChI=1S/C38H44N2O6.2H2/c1-26(41)25-30(43)23-20-28-18-21-29(22-19-28)40-37(45)17-10-16-36(44)39-24-9-3-4-15-35(46-27(2)42)38-33-13-7-5-11-31(33)32-12-6-8-14-34(32)38;;/h5-8,11-14,18-19,21-22,35,38H,3-4,9-10,15-17,20,23-25H2,1-2H3,(H,39,44)(H,40,45);2*1H. The van der Waals surface area contributed by atoms with E-state index in [2.05, 4.69) is 34.9 Å². The minimum atomic E-state index is -0.280. The first kappa shape index (κ1) is 34.3. The minimum absolute atomic E-state index is 0. The number of unbranched alkanes of at least 4 members (excludes halogenated alkanes) is 2. The summed E-state index contributed by atoms with van der Waals surface area (Å²) in [7, 11) is 0. The molecule has 0 saturated carbocycles. The Morgan fingerprint density at radius 2 is 1.37 bits per heavy atom. The SMILES string of the molecule is CC(=O)CC(=O)CCc1ccc(NC(=O)CCCC(=O)NCCCCCC(OC(C)=O)C2c3ccccc3-c3ccccc32)cc1.[HH].[HH].